The van der Waals surface area contributed by atoms with E-state index in [1.165, 1.54) is 38.2 Å². The second-order valence-electron chi connectivity index (χ2n) is 10.3. The zero-order valence-corrected chi connectivity index (χ0v) is 22.1. The number of aryl methyl sites for hydroxylation is 3. The predicted molar refractivity (Wildman–Crippen MR) is 155 cm³/mol. The molecule has 1 nitrogen and oxygen atoms in total. The zero-order valence-electron chi connectivity index (χ0n) is 21.2. The molecule has 0 amide bonds. The van der Waals surface area contributed by atoms with E-state index in [1.807, 2.05) is 0 Å². The summed E-state index contributed by atoms with van der Waals surface area (Å²) < 4.78 is 7.96. The molecule has 0 saturated carbocycles. The molecule has 2 aliphatic rings. The van der Waals surface area contributed by atoms with Gasteiger partial charge in [0.25, 0.3) is 0 Å². The maximum atomic E-state index is 7.96. The summed E-state index contributed by atoms with van der Waals surface area (Å²) >= 11 is 0. The van der Waals surface area contributed by atoms with Crippen LogP contribution in [0.3, 0.4) is 0 Å². The van der Waals surface area contributed by atoms with Crippen LogP contribution in [0.4, 0.5) is 0 Å². The first kappa shape index (κ1) is 23.2. The second kappa shape index (κ2) is 8.70. The molecule has 1 heterocycles. The van der Waals surface area contributed by atoms with E-state index in [2.05, 4.69) is 148 Å². The quantitative estimate of drug-likeness (QED) is 0.275. The molecule has 4 aromatic carbocycles. The van der Waals surface area contributed by atoms with E-state index in [-0.39, 0.29) is 17.7 Å². The molecule has 1 fully saturated rings. The standard InChI is InChI=1S/C34H33OP/c1-25-23-26(2)33(27(3)24-25)34-31-21-13-14-22-32(31)36(35-34,28-15-7-4-8-16-28,29-17-9-5-10-18-29)30-19-11-6-12-20-30/h4-24,31-32,34H,1-3H3/t31-,32?,34?/m0/s1. The molecule has 180 valence electrons. The average Bonchev–Trinajstić information content (AvgIpc) is 3.23. The molecule has 4 aromatic rings. The Balaban J connectivity index is 1.77. The van der Waals surface area contributed by atoms with Crippen molar-refractivity contribution in [2.75, 3.05) is 0 Å². The van der Waals surface area contributed by atoms with Gasteiger partial charge in [0.1, 0.15) is 0 Å². The summed E-state index contributed by atoms with van der Waals surface area (Å²) in [6.45, 7) is 3.23. The first-order chi connectivity index (χ1) is 17.6. The molecular formula is C34H33OP. The fraction of sp³-hybridized carbons (Fsp3) is 0.176. The number of hydrogen-bond donors (Lipinski definition) is 0. The van der Waals surface area contributed by atoms with Crippen molar-refractivity contribution in [2.24, 2.45) is 5.92 Å². The van der Waals surface area contributed by atoms with Crippen LogP contribution in [0.15, 0.2) is 127 Å². The van der Waals surface area contributed by atoms with Crippen LogP contribution in [0, 0.1) is 26.7 Å². The fourth-order valence-corrected chi connectivity index (χ4v) is 13.7. The molecule has 3 atom stereocenters. The molecule has 6 rings (SSSR count). The summed E-state index contributed by atoms with van der Waals surface area (Å²) in [5.41, 5.74) is 5.45. The summed E-state index contributed by atoms with van der Waals surface area (Å²) in [6, 6.07) is 37.8. The third-order valence-corrected chi connectivity index (χ3v) is 14.5. The van der Waals surface area contributed by atoms with Crippen molar-refractivity contribution in [1.29, 1.82) is 0 Å². The SMILES string of the molecule is Cc1cc(C)c(C2OP(c3ccccc3)(c3ccccc3)(c3ccccc3)C3C=CC=C[C@H]23)c(C)c1. The molecule has 0 aromatic heterocycles. The Labute approximate surface area is 215 Å². The number of fused-ring (bicyclic) bond motifs is 1. The summed E-state index contributed by atoms with van der Waals surface area (Å²) in [5, 5.41) is 3.88. The van der Waals surface area contributed by atoms with Crippen LogP contribution < -0.4 is 15.9 Å². The van der Waals surface area contributed by atoms with Crippen molar-refractivity contribution >= 4 is 22.7 Å². The van der Waals surface area contributed by atoms with Crippen molar-refractivity contribution in [2.45, 2.75) is 32.5 Å². The minimum absolute atomic E-state index is 0.0462. The normalized spacial score (nSPS) is 24.5. The van der Waals surface area contributed by atoms with Crippen molar-refractivity contribution in [3.05, 3.63) is 150 Å². The van der Waals surface area contributed by atoms with Gasteiger partial charge in [0, 0.05) is 0 Å². The van der Waals surface area contributed by atoms with Gasteiger partial charge in [0.05, 0.1) is 0 Å². The van der Waals surface area contributed by atoms with Crippen molar-refractivity contribution in [3.63, 3.8) is 0 Å². The summed E-state index contributed by atoms with van der Waals surface area (Å²) in [4.78, 5) is 0. The van der Waals surface area contributed by atoms with Gasteiger partial charge in [0.15, 0.2) is 0 Å². The van der Waals surface area contributed by atoms with E-state index >= 15 is 0 Å². The van der Waals surface area contributed by atoms with Crippen LogP contribution >= 0.6 is 6.83 Å². The van der Waals surface area contributed by atoms with Gasteiger partial charge in [0.2, 0.25) is 0 Å². The Morgan fingerprint density at radius 2 is 1.03 bits per heavy atom. The third kappa shape index (κ3) is 3.10. The van der Waals surface area contributed by atoms with E-state index < -0.39 is 6.83 Å². The van der Waals surface area contributed by atoms with Gasteiger partial charge in [-0.25, -0.2) is 0 Å². The van der Waals surface area contributed by atoms with Crippen molar-refractivity contribution in [3.8, 4) is 0 Å². The number of hydrogen-bond acceptors (Lipinski definition) is 1. The molecule has 0 radical (unpaired) electrons. The van der Waals surface area contributed by atoms with E-state index in [0.717, 1.165) is 0 Å². The molecular weight excluding hydrogens is 455 g/mol. The van der Waals surface area contributed by atoms with Gasteiger partial charge in [-0.1, -0.05) is 0 Å². The molecule has 36 heavy (non-hydrogen) atoms. The Kier molecular flexibility index (Phi) is 5.60. The van der Waals surface area contributed by atoms with Gasteiger partial charge in [-0.15, -0.1) is 0 Å². The summed E-state index contributed by atoms with van der Waals surface area (Å²) in [7, 11) is 0. The summed E-state index contributed by atoms with van der Waals surface area (Å²) in [5.74, 6) is 0.230. The number of benzene rings is 4. The average molecular weight is 489 g/mol. The number of allylic oxidation sites excluding steroid dienone is 3. The Morgan fingerprint density at radius 3 is 1.50 bits per heavy atom. The number of rotatable bonds is 4. The maximum absolute atomic E-state index is 7.96. The molecule has 1 saturated heterocycles. The van der Waals surface area contributed by atoms with Crippen molar-refractivity contribution in [1.82, 2.24) is 0 Å². The van der Waals surface area contributed by atoms with Crippen LogP contribution in [0.25, 0.3) is 0 Å². The van der Waals surface area contributed by atoms with Gasteiger partial charge < -0.3 is 0 Å². The predicted octanol–water partition coefficient (Wildman–Crippen LogP) is 7.24. The van der Waals surface area contributed by atoms with E-state index in [0.29, 0.717) is 0 Å². The van der Waals surface area contributed by atoms with Crippen LogP contribution in [-0.4, -0.2) is 5.66 Å². The fourth-order valence-electron chi connectivity index (χ4n) is 6.97. The van der Waals surface area contributed by atoms with Gasteiger partial charge in [-0.2, -0.15) is 0 Å². The third-order valence-electron chi connectivity index (χ3n) is 8.23. The first-order valence-electron chi connectivity index (χ1n) is 12.9. The van der Waals surface area contributed by atoms with Gasteiger partial charge in [-0.3, -0.25) is 0 Å². The topological polar surface area (TPSA) is 9.23 Å². The Bertz CT molecular complexity index is 1330. The van der Waals surface area contributed by atoms with Crippen molar-refractivity contribution < 1.29 is 4.52 Å². The van der Waals surface area contributed by atoms with E-state index in [9.17, 15) is 0 Å². The van der Waals surface area contributed by atoms with Crippen LogP contribution in [0.5, 0.6) is 0 Å². The van der Waals surface area contributed by atoms with E-state index in [4.69, 9.17) is 4.52 Å². The zero-order chi connectivity index (χ0) is 24.8. The van der Waals surface area contributed by atoms with Crippen LogP contribution in [0.2, 0.25) is 0 Å². The van der Waals surface area contributed by atoms with Crippen LogP contribution in [0.1, 0.15) is 28.4 Å². The molecule has 0 N–H and O–H groups in total. The van der Waals surface area contributed by atoms with Gasteiger partial charge in [-0.05, 0) is 0 Å². The van der Waals surface area contributed by atoms with Crippen LogP contribution in [-0.2, 0) is 4.52 Å². The second-order valence-corrected chi connectivity index (χ2v) is 14.8. The van der Waals surface area contributed by atoms with Gasteiger partial charge >= 0.3 is 215 Å². The molecule has 2 heteroatoms. The Hall–Kier alpha value is -3.25. The summed E-state index contributed by atoms with van der Waals surface area (Å²) in [6.07, 6.45) is 9.24. The molecule has 0 bridgehead atoms. The molecule has 2 unspecified atom stereocenters. The molecule has 1 aliphatic carbocycles. The molecule has 0 spiro atoms. The molecule has 1 aliphatic heterocycles. The monoisotopic (exact) mass is 488 g/mol. The first-order valence-corrected chi connectivity index (χ1v) is 15.1. The Morgan fingerprint density at radius 1 is 0.583 bits per heavy atom. The van der Waals surface area contributed by atoms with E-state index in [1.54, 1.807) is 0 Å². The minimum atomic E-state index is -3.45.